The lowest BCUT2D eigenvalue weighted by Gasteiger charge is -2.30. The van der Waals surface area contributed by atoms with E-state index in [9.17, 15) is 12.8 Å². The molecule has 1 atom stereocenters. The Morgan fingerprint density at radius 1 is 1.42 bits per heavy atom. The summed E-state index contributed by atoms with van der Waals surface area (Å²) in [5.41, 5.74) is 4.93. The molecule has 1 aromatic rings. The van der Waals surface area contributed by atoms with Crippen molar-refractivity contribution in [3.63, 3.8) is 0 Å². The summed E-state index contributed by atoms with van der Waals surface area (Å²) in [4.78, 5) is -0.0871. The Hall–Kier alpha value is -0.980. The predicted octanol–water partition coefficient (Wildman–Crippen LogP) is 1.87. The molecule has 0 aliphatic heterocycles. The van der Waals surface area contributed by atoms with E-state index in [0.717, 1.165) is 6.07 Å². The van der Waals surface area contributed by atoms with Crippen LogP contribution in [0.2, 0.25) is 0 Å². The molecule has 0 aliphatic carbocycles. The Kier molecular flexibility index (Phi) is 5.06. The van der Waals surface area contributed by atoms with Crippen LogP contribution in [0.5, 0.6) is 0 Å². The summed E-state index contributed by atoms with van der Waals surface area (Å²) in [7, 11) is -3.77. The van der Waals surface area contributed by atoms with E-state index in [1.54, 1.807) is 6.92 Å². The number of halogens is 1. The fraction of sp³-hybridized carbons (Fsp3) is 0.538. The number of benzene rings is 1. The maximum absolute atomic E-state index is 13.1. The Morgan fingerprint density at radius 2 is 2.05 bits per heavy atom. The van der Waals surface area contributed by atoms with Gasteiger partial charge in [-0.2, -0.15) is 0 Å². The molecule has 0 saturated carbocycles. The highest BCUT2D eigenvalue weighted by atomic mass is 32.2. The van der Waals surface area contributed by atoms with Gasteiger partial charge in [-0.1, -0.05) is 19.9 Å². The molecule has 0 spiro atoms. The van der Waals surface area contributed by atoms with Crippen molar-refractivity contribution in [1.82, 2.24) is 4.72 Å². The summed E-state index contributed by atoms with van der Waals surface area (Å²) in [5.74, 6) is -0.287. The first-order valence-electron chi connectivity index (χ1n) is 6.18. The van der Waals surface area contributed by atoms with Gasteiger partial charge >= 0.3 is 0 Å². The summed E-state index contributed by atoms with van der Waals surface area (Å²) < 4.78 is 40.1. The van der Waals surface area contributed by atoms with Gasteiger partial charge in [-0.25, -0.2) is 17.5 Å². The van der Waals surface area contributed by atoms with Gasteiger partial charge in [-0.3, -0.25) is 0 Å². The van der Waals surface area contributed by atoms with Crippen LogP contribution in [-0.2, 0) is 10.0 Å². The van der Waals surface area contributed by atoms with E-state index in [0.29, 0.717) is 12.3 Å². The van der Waals surface area contributed by atoms with Gasteiger partial charge < -0.3 is 5.73 Å². The lowest BCUT2D eigenvalue weighted by Crippen LogP contribution is -2.51. The number of nitrogens with two attached hydrogens (primary N) is 1. The molecule has 3 N–H and O–H groups in total. The summed E-state index contributed by atoms with van der Waals surface area (Å²) >= 11 is 0. The first-order valence-corrected chi connectivity index (χ1v) is 7.66. The zero-order chi connectivity index (χ0) is 14.7. The largest absolute Gasteiger partial charge is 0.329 e. The fourth-order valence-electron chi connectivity index (χ4n) is 2.09. The van der Waals surface area contributed by atoms with Crippen molar-refractivity contribution in [1.29, 1.82) is 0 Å². The number of hydrogen-bond acceptors (Lipinski definition) is 3. The van der Waals surface area contributed by atoms with Crippen LogP contribution in [0.25, 0.3) is 0 Å². The van der Waals surface area contributed by atoms with Crippen LogP contribution in [0, 0.1) is 11.7 Å². The number of rotatable bonds is 6. The van der Waals surface area contributed by atoms with Crippen molar-refractivity contribution in [3.8, 4) is 0 Å². The maximum Gasteiger partial charge on any atom is 0.241 e. The maximum atomic E-state index is 13.1. The van der Waals surface area contributed by atoms with E-state index in [1.165, 1.54) is 18.2 Å². The third-order valence-electron chi connectivity index (χ3n) is 2.80. The van der Waals surface area contributed by atoms with E-state index in [2.05, 4.69) is 4.72 Å². The monoisotopic (exact) mass is 288 g/mol. The van der Waals surface area contributed by atoms with Crippen molar-refractivity contribution >= 4 is 10.0 Å². The highest BCUT2D eigenvalue weighted by Crippen LogP contribution is 2.19. The average molecular weight is 288 g/mol. The molecule has 1 rings (SSSR count). The third-order valence-corrected chi connectivity index (χ3v) is 4.43. The Morgan fingerprint density at radius 3 is 2.53 bits per heavy atom. The number of sulfonamides is 1. The second-order valence-electron chi connectivity index (χ2n) is 5.43. The van der Waals surface area contributed by atoms with Crippen LogP contribution in [0.3, 0.4) is 0 Å². The van der Waals surface area contributed by atoms with Crippen LogP contribution in [0.4, 0.5) is 4.39 Å². The molecular formula is C13H21FN2O2S. The van der Waals surface area contributed by atoms with E-state index < -0.39 is 21.4 Å². The molecule has 0 aromatic heterocycles. The highest BCUT2D eigenvalue weighted by molar-refractivity contribution is 7.89. The fourth-order valence-corrected chi connectivity index (χ4v) is 3.54. The van der Waals surface area contributed by atoms with Crippen LogP contribution in [-0.4, -0.2) is 20.5 Å². The van der Waals surface area contributed by atoms with E-state index in [4.69, 9.17) is 5.73 Å². The molecule has 0 radical (unpaired) electrons. The molecule has 6 heteroatoms. The molecule has 1 aromatic carbocycles. The van der Waals surface area contributed by atoms with Crippen molar-refractivity contribution in [2.75, 3.05) is 6.54 Å². The van der Waals surface area contributed by atoms with Gasteiger partial charge in [0, 0.05) is 12.1 Å². The summed E-state index contributed by atoms with van der Waals surface area (Å²) in [6, 6.07) is 4.92. The van der Waals surface area contributed by atoms with Crippen LogP contribution in [0.1, 0.15) is 27.2 Å². The zero-order valence-electron chi connectivity index (χ0n) is 11.5. The van der Waals surface area contributed by atoms with E-state index in [1.807, 2.05) is 13.8 Å². The smallest absolute Gasteiger partial charge is 0.241 e. The SMILES string of the molecule is CC(C)CC(C)(CN)NS(=O)(=O)c1cccc(F)c1. The van der Waals surface area contributed by atoms with Gasteiger partial charge in [-0.05, 0) is 37.5 Å². The second kappa shape index (κ2) is 5.98. The Bertz CT molecular complexity index is 531. The Labute approximate surface area is 114 Å². The van der Waals surface area contributed by atoms with Gasteiger partial charge in [0.1, 0.15) is 5.82 Å². The highest BCUT2D eigenvalue weighted by Gasteiger charge is 2.30. The first-order chi connectivity index (χ1) is 8.68. The van der Waals surface area contributed by atoms with Crippen LogP contribution in [0.15, 0.2) is 29.2 Å². The molecule has 108 valence electrons. The summed E-state index contributed by atoms with van der Waals surface area (Å²) in [5, 5.41) is 0. The minimum absolute atomic E-state index is 0.0871. The second-order valence-corrected chi connectivity index (χ2v) is 7.11. The number of nitrogens with one attached hydrogen (secondary N) is 1. The van der Waals surface area contributed by atoms with Gasteiger partial charge in [0.25, 0.3) is 0 Å². The third kappa shape index (κ3) is 4.56. The minimum Gasteiger partial charge on any atom is -0.329 e. The lowest BCUT2D eigenvalue weighted by atomic mass is 9.92. The van der Waals surface area contributed by atoms with Crippen molar-refractivity contribution in [2.45, 2.75) is 37.6 Å². The lowest BCUT2D eigenvalue weighted by molar-refractivity contribution is 0.344. The first kappa shape index (κ1) is 16.1. The molecule has 19 heavy (non-hydrogen) atoms. The standard InChI is InChI=1S/C13H21FN2O2S/c1-10(2)8-13(3,9-15)16-19(17,18)12-6-4-5-11(14)7-12/h4-7,10,16H,8-9,15H2,1-3H3. The molecule has 0 heterocycles. The molecule has 0 saturated heterocycles. The predicted molar refractivity (Wildman–Crippen MR) is 73.6 cm³/mol. The molecule has 1 unspecified atom stereocenters. The van der Waals surface area contributed by atoms with Crippen molar-refractivity contribution in [2.24, 2.45) is 11.7 Å². The quantitative estimate of drug-likeness (QED) is 0.839. The Balaban J connectivity index is 3.01. The number of hydrogen-bond donors (Lipinski definition) is 2. The van der Waals surface area contributed by atoms with E-state index in [-0.39, 0.29) is 11.4 Å². The zero-order valence-corrected chi connectivity index (χ0v) is 12.3. The average Bonchev–Trinajstić information content (AvgIpc) is 2.27. The summed E-state index contributed by atoms with van der Waals surface area (Å²) in [6.45, 7) is 5.92. The topological polar surface area (TPSA) is 72.2 Å². The molecule has 0 bridgehead atoms. The molecule has 0 amide bonds. The van der Waals surface area contributed by atoms with Gasteiger partial charge in [0.2, 0.25) is 10.0 Å². The normalized spacial score (nSPS) is 15.5. The van der Waals surface area contributed by atoms with Crippen molar-refractivity contribution in [3.05, 3.63) is 30.1 Å². The minimum atomic E-state index is -3.77. The van der Waals surface area contributed by atoms with Crippen molar-refractivity contribution < 1.29 is 12.8 Å². The summed E-state index contributed by atoms with van der Waals surface area (Å²) in [6.07, 6.45) is 0.609. The van der Waals surface area contributed by atoms with Gasteiger partial charge in [0.05, 0.1) is 4.90 Å². The molecule has 0 fully saturated rings. The van der Waals surface area contributed by atoms with Crippen LogP contribution < -0.4 is 10.5 Å². The van der Waals surface area contributed by atoms with E-state index >= 15 is 0 Å². The van der Waals surface area contributed by atoms with Gasteiger partial charge in [0.15, 0.2) is 0 Å². The molecular weight excluding hydrogens is 267 g/mol. The van der Waals surface area contributed by atoms with Gasteiger partial charge in [-0.15, -0.1) is 0 Å². The molecule has 0 aliphatic rings. The molecule has 4 nitrogen and oxygen atoms in total. The van der Waals surface area contributed by atoms with Crippen LogP contribution >= 0.6 is 0 Å².